The Bertz CT molecular complexity index is 688. The first-order valence-electron chi connectivity index (χ1n) is 6.69. The molecule has 1 aliphatic heterocycles. The van der Waals surface area contributed by atoms with E-state index in [1.165, 1.54) is 0 Å². The highest BCUT2D eigenvalue weighted by molar-refractivity contribution is 5.95. The molecular formula is C16H14F2N2O. The maximum Gasteiger partial charge on any atom is 0.241 e. The zero-order chi connectivity index (χ0) is 14.8. The Hall–Kier alpha value is -2.27. The van der Waals surface area contributed by atoms with E-state index < -0.39 is 17.7 Å². The third-order valence-corrected chi connectivity index (χ3v) is 3.58. The topological polar surface area (TPSA) is 41.1 Å². The fraction of sp³-hybridized carbons (Fsp3) is 0.188. The zero-order valence-corrected chi connectivity index (χ0v) is 11.2. The van der Waals surface area contributed by atoms with Crippen molar-refractivity contribution in [1.29, 1.82) is 0 Å². The first kappa shape index (κ1) is 13.7. The van der Waals surface area contributed by atoms with E-state index in [1.54, 1.807) is 0 Å². The molecule has 108 valence electrons. The number of anilines is 1. The van der Waals surface area contributed by atoms with Crippen LogP contribution >= 0.6 is 0 Å². The molecule has 3 nitrogen and oxygen atoms in total. The van der Waals surface area contributed by atoms with Crippen LogP contribution in [0, 0.1) is 11.6 Å². The highest BCUT2D eigenvalue weighted by atomic mass is 19.1. The molecule has 0 spiro atoms. The number of hydrogen-bond acceptors (Lipinski definition) is 2. The first-order chi connectivity index (χ1) is 10.1. The molecule has 5 heteroatoms. The number of amides is 1. The van der Waals surface area contributed by atoms with E-state index in [0.29, 0.717) is 13.0 Å². The maximum absolute atomic E-state index is 13.5. The summed E-state index contributed by atoms with van der Waals surface area (Å²) in [5.74, 6) is -1.61. The second kappa shape index (κ2) is 5.61. The molecule has 2 N–H and O–H groups in total. The molecule has 0 radical (unpaired) electrons. The molecule has 1 aliphatic rings. The molecule has 0 saturated heterocycles. The number of nitrogens with one attached hydrogen (secondary N) is 2. The Morgan fingerprint density at radius 1 is 1.14 bits per heavy atom. The van der Waals surface area contributed by atoms with Crippen LogP contribution in [0.25, 0.3) is 0 Å². The number of fused-ring (bicyclic) bond motifs is 1. The van der Waals surface area contributed by atoms with Crippen molar-refractivity contribution < 1.29 is 13.6 Å². The van der Waals surface area contributed by atoms with Crippen molar-refractivity contribution in [2.75, 3.05) is 5.32 Å². The molecule has 0 unspecified atom stereocenters. The predicted molar refractivity (Wildman–Crippen MR) is 75.8 cm³/mol. The molecule has 1 amide bonds. The normalized spacial score (nSPS) is 17.1. The standard InChI is InChI=1S/C16H14F2N2O/c17-12-5-6-13(18)14(8-12)20-16(21)15-7-10-3-1-2-4-11(10)9-19-15/h1-6,8,15,19H,7,9H2,(H,20,21)/t15-/m1/s1. The van der Waals surface area contributed by atoms with Gasteiger partial charge in [0.05, 0.1) is 11.7 Å². The molecule has 1 heterocycles. The summed E-state index contributed by atoms with van der Waals surface area (Å²) in [4.78, 5) is 12.2. The highest BCUT2D eigenvalue weighted by Gasteiger charge is 2.24. The van der Waals surface area contributed by atoms with Crippen LogP contribution in [0.3, 0.4) is 0 Å². The van der Waals surface area contributed by atoms with Gasteiger partial charge in [-0.15, -0.1) is 0 Å². The monoisotopic (exact) mass is 288 g/mol. The number of halogens is 2. The van der Waals surface area contributed by atoms with Gasteiger partial charge < -0.3 is 10.6 Å². The maximum atomic E-state index is 13.5. The number of benzene rings is 2. The van der Waals surface area contributed by atoms with Crippen LogP contribution in [0.4, 0.5) is 14.5 Å². The molecule has 0 aromatic heterocycles. The lowest BCUT2D eigenvalue weighted by atomic mass is 9.95. The van der Waals surface area contributed by atoms with Gasteiger partial charge in [0, 0.05) is 12.6 Å². The molecule has 3 rings (SSSR count). The van der Waals surface area contributed by atoms with E-state index in [-0.39, 0.29) is 11.6 Å². The van der Waals surface area contributed by atoms with Crippen LogP contribution in [0.1, 0.15) is 11.1 Å². The van der Waals surface area contributed by atoms with Crippen LogP contribution in [0.15, 0.2) is 42.5 Å². The summed E-state index contributed by atoms with van der Waals surface area (Å²) in [6, 6.07) is 10.4. The fourth-order valence-corrected chi connectivity index (χ4v) is 2.45. The minimum absolute atomic E-state index is 0.138. The lowest BCUT2D eigenvalue weighted by molar-refractivity contribution is -0.118. The van der Waals surface area contributed by atoms with Crippen molar-refractivity contribution in [2.45, 2.75) is 19.0 Å². The number of carbonyl (C=O) groups is 1. The van der Waals surface area contributed by atoms with Gasteiger partial charge in [-0.2, -0.15) is 0 Å². The fourth-order valence-electron chi connectivity index (χ4n) is 2.45. The molecule has 0 bridgehead atoms. The second-order valence-electron chi connectivity index (χ2n) is 5.02. The van der Waals surface area contributed by atoms with Gasteiger partial charge in [0.1, 0.15) is 11.6 Å². The van der Waals surface area contributed by atoms with E-state index >= 15 is 0 Å². The van der Waals surface area contributed by atoms with E-state index in [0.717, 1.165) is 29.3 Å². The van der Waals surface area contributed by atoms with Crippen molar-refractivity contribution in [3.05, 3.63) is 65.2 Å². The van der Waals surface area contributed by atoms with Gasteiger partial charge in [0.15, 0.2) is 0 Å². The largest absolute Gasteiger partial charge is 0.322 e. The van der Waals surface area contributed by atoms with Crippen molar-refractivity contribution in [1.82, 2.24) is 5.32 Å². The lowest BCUT2D eigenvalue weighted by Gasteiger charge is -2.25. The number of hydrogen-bond donors (Lipinski definition) is 2. The minimum Gasteiger partial charge on any atom is -0.322 e. The van der Waals surface area contributed by atoms with Gasteiger partial charge in [0.2, 0.25) is 5.91 Å². The van der Waals surface area contributed by atoms with Crippen LogP contribution in [-0.2, 0) is 17.8 Å². The molecule has 0 aliphatic carbocycles. The summed E-state index contributed by atoms with van der Waals surface area (Å²) in [7, 11) is 0. The zero-order valence-electron chi connectivity index (χ0n) is 11.2. The van der Waals surface area contributed by atoms with Crippen molar-refractivity contribution >= 4 is 11.6 Å². The summed E-state index contributed by atoms with van der Waals surface area (Å²) >= 11 is 0. The van der Waals surface area contributed by atoms with Crippen LogP contribution in [-0.4, -0.2) is 11.9 Å². The Balaban J connectivity index is 1.74. The SMILES string of the molecule is O=C(Nc1cc(F)ccc1F)[C@H]1Cc2ccccc2CN1. The molecule has 2 aromatic rings. The van der Waals surface area contributed by atoms with Crippen LogP contribution in [0.5, 0.6) is 0 Å². The summed E-state index contributed by atoms with van der Waals surface area (Å²) in [5.41, 5.74) is 2.11. The molecule has 21 heavy (non-hydrogen) atoms. The summed E-state index contributed by atoms with van der Waals surface area (Å²) < 4.78 is 26.6. The molecule has 2 aromatic carbocycles. The van der Waals surface area contributed by atoms with Gasteiger partial charge in [-0.05, 0) is 29.7 Å². The Kier molecular flexibility index (Phi) is 3.66. The quantitative estimate of drug-likeness (QED) is 0.892. The van der Waals surface area contributed by atoms with Crippen molar-refractivity contribution in [3.63, 3.8) is 0 Å². The lowest BCUT2D eigenvalue weighted by Crippen LogP contribution is -2.44. The van der Waals surface area contributed by atoms with Crippen molar-refractivity contribution in [2.24, 2.45) is 0 Å². The molecule has 0 saturated carbocycles. The second-order valence-corrected chi connectivity index (χ2v) is 5.02. The Labute approximate surface area is 121 Å². The predicted octanol–water partition coefficient (Wildman–Crippen LogP) is 2.62. The molecular weight excluding hydrogens is 274 g/mol. The summed E-state index contributed by atoms with van der Waals surface area (Å²) in [5, 5.41) is 5.54. The summed E-state index contributed by atoms with van der Waals surface area (Å²) in [6.07, 6.45) is 0.527. The van der Waals surface area contributed by atoms with Crippen LogP contribution in [0.2, 0.25) is 0 Å². The van der Waals surface area contributed by atoms with Gasteiger partial charge in [-0.25, -0.2) is 8.78 Å². The van der Waals surface area contributed by atoms with Crippen LogP contribution < -0.4 is 10.6 Å². The smallest absolute Gasteiger partial charge is 0.241 e. The van der Waals surface area contributed by atoms with E-state index in [9.17, 15) is 13.6 Å². The molecule has 0 fully saturated rings. The highest BCUT2D eigenvalue weighted by Crippen LogP contribution is 2.19. The molecule has 1 atom stereocenters. The Morgan fingerprint density at radius 2 is 1.90 bits per heavy atom. The van der Waals surface area contributed by atoms with E-state index in [4.69, 9.17) is 0 Å². The van der Waals surface area contributed by atoms with Gasteiger partial charge in [-0.1, -0.05) is 24.3 Å². The average Bonchev–Trinajstić information content (AvgIpc) is 2.50. The van der Waals surface area contributed by atoms with Gasteiger partial charge >= 0.3 is 0 Å². The average molecular weight is 288 g/mol. The van der Waals surface area contributed by atoms with Gasteiger partial charge in [-0.3, -0.25) is 4.79 Å². The first-order valence-corrected chi connectivity index (χ1v) is 6.69. The summed E-state index contributed by atoms with van der Waals surface area (Å²) in [6.45, 7) is 0.583. The number of carbonyl (C=O) groups excluding carboxylic acids is 1. The number of rotatable bonds is 2. The van der Waals surface area contributed by atoms with Crippen molar-refractivity contribution in [3.8, 4) is 0 Å². The third-order valence-electron chi connectivity index (χ3n) is 3.58. The minimum atomic E-state index is -0.652. The third kappa shape index (κ3) is 2.92. The Morgan fingerprint density at radius 3 is 2.71 bits per heavy atom. The van der Waals surface area contributed by atoms with E-state index in [2.05, 4.69) is 10.6 Å². The van der Waals surface area contributed by atoms with Gasteiger partial charge in [0.25, 0.3) is 0 Å². The van der Waals surface area contributed by atoms with E-state index in [1.807, 2.05) is 24.3 Å².